The fourth-order valence-electron chi connectivity index (χ4n) is 2.98. The van der Waals surface area contributed by atoms with E-state index < -0.39 is 0 Å². The fourth-order valence-corrected chi connectivity index (χ4v) is 4.80. The molecule has 2 aromatic carbocycles. The maximum atomic E-state index is 13.0. The van der Waals surface area contributed by atoms with Crippen molar-refractivity contribution in [2.45, 2.75) is 13.8 Å². The van der Waals surface area contributed by atoms with Gasteiger partial charge in [-0.1, -0.05) is 53.2 Å². The van der Waals surface area contributed by atoms with Crippen molar-refractivity contribution in [1.29, 1.82) is 0 Å². The lowest BCUT2D eigenvalue weighted by Crippen LogP contribution is -2.27. The molecule has 0 unspecified atom stereocenters. The van der Waals surface area contributed by atoms with Crippen LogP contribution in [0.25, 0.3) is 17.0 Å². The SMILES string of the molecule is Cc1ccc(N2C(=O)/C(=C/c3coc4c(Cl)cc(Cl)cc4c3=O)SC2=S)cc1C. The lowest BCUT2D eigenvalue weighted by Gasteiger charge is -2.15. The van der Waals surface area contributed by atoms with Crippen LogP contribution in [0.1, 0.15) is 16.7 Å². The summed E-state index contributed by atoms with van der Waals surface area (Å²) in [5, 5.41) is 0.825. The van der Waals surface area contributed by atoms with Crippen molar-refractivity contribution in [3.63, 3.8) is 0 Å². The number of thiocarbonyl (C=S) groups is 1. The molecule has 3 aromatic rings. The summed E-state index contributed by atoms with van der Waals surface area (Å²) in [6.07, 6.45) is 2.77. The van der Waals surface area contributed by atoms with Crippen LogP contribution in [0.3, 0.4) is 0 Å². The summed E-state index contributed by atoms with van der Waals surface area (Å²) in [4.78, 5) is 27.6. The molecule has 146 valence electrons. The standard InChI is InChI=1S/C21H13Cl2NO3S2/c1-10-3-4-14(5-11(10)2)24-20(26)17(29-21(24)28)6-12-9-27-19-15(18(12)25)7-13(22)8-16(19)23/h3-9H,1-2H3/b17-6-. The van der Waals surface area contributed by atoms with Gasteiger partial charge < -0.3 is 4.42 Å². The second kappa shape index (κ2) is 7.61. The number of carbonyl (C=O) groups is 1. The average molecular weight is 462 g/mol. The number of aryl methyl sites for hydroxylation is 2. The van der Waals surface area contributed by atoms with Gasteiger partial charge in [-0.3, -0.25) is 14.5 Å². The van der Waals surface area contributed by atoms with Crippen molar-refractivity contribution in [1.82, 2.24) is 0 Å². The third-order valence-electron chi connectivity index (χ3n) is 4.65. The normalized spacial score (nSPS) is 15.7. The summed E-state index contributed by atoms with van der Waals surface area (Å²) >= 11 is 18.6. The molecule has 1 fully saturated rings. The van der Waals surface area contributed by atoms with E-state index in [1.54, 1.807) is 0 Å². The van der Waals surface area contributed by atoms with Gasteiger partial charge in [-0.05, 0) is 55.3 Å². The molecule has 2 heterocycles. The summed E-state index contributed by atoms with van der Waals surface area (Å²) in [7, 11) is 0. The second-order valence-electron chi connectivity index (χ2n) is 6.57. The Morgan fingerprint density at radius 1 is 1.10 bits per heavy atom. The number of carbonyl (C=O) groups excluding carboxylic acids is 1. The van der Waals surface area contributed by atoms with E-state index in [9.17, 15) is 9.59 Å². The first kappa shape index (κ1) is 20.2. The molecule has 0 radical (unpaired) electrons. The van der Waals surface area contributed by atoms with E-state index in [0.717, 1.165) is 22.9 Å². The maximum absolute atomic E-state index is 13.0. The maximum Gasteiger partial charge on any atom is 0.270 e. The van der Waals surface area contributed by atoms with Crippen molar-refractivity contribution < 1.29 is 9.21 Å². The van der Waals surface area contributed by atoms with E-state index in [4.69, 9.17) is 39.8 Å². The van der Waals surface area contributed by atoms with Crippen molar-refractivity contribution in [3.8, 4) is 0 Å². The zero-order chi connectivity index (χ0) is 20.9. The van der Waals surface area contributed by atoms with Crippen LogP contribution >= 0.6 is 47.2 Å². The predicted octanol–water partition coefficient (Wildman–Crippen LogP) is 6.12. The van der Waals surface area contributed by atoms with Gasteiger partial charge >= 0.3 is 0 Å². The van der Waals surface area contributed by atoms with E-state index in [1.165, 1.54) is 29.4 Å². The number of fused-ring (bicyclic) bond motifs is 1. The van der Waals surface area contributed by atoms with Crippen LogP contribution in [-0.2, 0) is 4.79 Å². The number of benzene rings is 2. The largest absolute Gasteiger partial charge is 0.462 e. The quantitative estimate of drug-likeness (QED) is 0.339. The van der Waals surface area contributed by atoms with Gasteiger partial charge in [0.25, 0.3) is 5.91 Å². The summed E-state index contributed by atoms with van der Waals surface area (Å²) in [5.74, 6) is -0.285. The Labute approximate surface area is 186 Å². The molecule has 4 rings (SSSR count). The van der Waals surface area contributed by atoms with Crippen molar-refractivity contribution in [2.24, 2.45) is 0 Å². The average Bonchev–Trinajstić information content (AvgIpc) is 2.93. The zero-order valence-corrected chi connectivity index (χ0v) is 18.4. The molecule has 0 aliphatic carbocycles. The van der Waals surface area contributed by atoms with E-state index in [0.29, 0.717) is 19.9 Å². The third kappa shape index (κ3) is 3.62. The number of anilines is 1. The van der Waals surface area contributed by atoms with Gasteiger partial charge in [-0.15, -0.1) is 0 Å². The smallest absolute Gasteiger partial charge is 0.270 e. The minimum absolute atomic E-state index is 0.219. The lowest BCUT2D eigenvalue weighted by atomic mass is 10.1. The van der Waals surface area contributed by atoms with E-state index in [1.807, 2.05) is 32.0 Å². The highest BCUT2D eigenvalue weighted by Crippen LogP contribution is 2.36. The molecule has 8 heteroatoms. The van der Waals surface area contributed by atoms with Crippen LogP contribution < -0.4 is 10.3 Å². The molecule has 0 saturated carbocycles. The summed E-state index contributed by atoms with van der Waals surface area (Å²) in [6, 6.07) is 8.70. The molecule has 1 aliphatic rings. The van der Waals surface area contributed by atoms with Gasteiger partial charge in [0.15, 0.2) is 15.3 Å². The lowest BCUT2D eigenvalue weighted by molar-refractivity contribution is -0.113. The summed E-state index contributed by atoms with van der Waals surface area (Å²) in [5.41, 5.74) is 3.03. The Morgan fingerprint density at radius 2 is 1.86 bits per heavy atom. The fraction of sp³-hybridized carbons (Fsp3) is 0.0952. The molecule has 0 N–H and O–H groups in total. The molecule has 1 saturated heterocycles. The number of thioether (sulfide) groups is 1. The third-order valence-corrected chi connectivity index (χ3v) is 6.45. The number of rotatable bonds is 2. The van der Waals surface area contributed by atoms with Crippen LogP contribution in [-0.4, -0.2) is 10.2 Å². The number of amides is 1. The van der Waals surface area contributed by atoms with Crippen LogP contribution in [0, 0.1) is 13.8 Å². The van der Waals surface area contributed by atoms with Gasteiger partial charge in [0.1, 0.15) is 6.26 Å². The monoisotopic (exact) mass is 461 g/mol. The molecule has 1 amide bonds. The number of hydrogen-bond acceptors (Lipinski definition) is 5. The van der Waals surface area contributed by atoms with Crippen molar-refractivity contribution >= 4 is 80.1 Å². The van der Waals surface area contributed by atoms with E-state index in [-0.39, 0.29) is 32.9 Å². The minimum atomic E-state index is -0.327. The highest BCUT2D eigenvalue weighted by Gasteiger charge is 2.33. The molecular formula is C21H13Cl2NO3S2. The second-order valence-corrected chi connectivity index (χ2v) is 9.09. The van der Waals surface area contributed by atoms with Crippen LogP contribution in [0.2, 0.25) is 10.0 Å². The molecule has 0 bridgehead atoms. The van der Waals surface area contributed by atoms with Gasteiger partial charge in [0, 0.05) is 5.02 Å². The Hall–Kier alpha value is -2.12. The summed E-state index contributed by atoms with van der Waals surface area (Å²) in [6.45, 7) is 3.98. The Balaban J connectivity index is 1.77. The van der Waals surface area contributed by atoms with Gasteiger partial charge in [0.2, 0.25) is 0 Å². The van der Waals surface area contributed by atoms with E-state index in [2.05, 4.69) is 0 Å². The molecule has 0 spiro atoms. The van der Waals surface area contributed by atoms with Gasteiger partial charge in [-0.2, -0.15) is 0 Å². The first-order valence-electron chi connectivity index (χ1n) is 8.52. The Bertz CT molecular complexity index is 1300. The molecule has 29 heavy (non-hydrogen) atoms. The number of halogens is 2. The van der Waals surface area contributed by atoms with Crippen molar-refractivity contribution in [3.05, 3.63) is 78.5 Å². The van der Waals surface area contributed by atoms with Crippen LogP contribution in [0.5, 0.6) is 0 Å². The van der Waals surface area contributed by atoms with Crippen molar-refractivity contribution in [2.75, 3.05) is 4.90 Å². The number of nitrogens with zero attached hydrogens (tertiary/aromatic N) is 1. The van der Waals surface area contributed by atoms with Gasteiger partial charge in [-0.25, -0.2) is 0 Å². The zero-order valence-electron chi connectivity index (χ0n) is 15.3. The first-order valence-corrected chi connectivity index (χ1v) is 10.5. The summed E-state index contributed by atoms with van der Waals surface area (Å²) < 4.78 is 5.92. The molecule has 0 atom stereocenters. The molecule has 1 aromatic heterocycles. The predicted molar refractivity (Wildman–Crippen MR) is 124 cm³/mol. The first-order chi connectivity index (χ1) is 13.8. The topological polar surface area (TPSA) is 50.5 Å². The molecule has 4 nitrogen and oxygen atoms in total. The van der Waals surface area contributed by atoms with Crippen LogP contribution in [0.15, 0.2) is 50.7 Å². The highest BCUT2D eigenvalue weighted by molar-refractivity contribution is 8.27. The van der Waals surface area contributed by atoms with Crippen LogP contribution in [0.4, 0.5) is 5.69 Å². The molecular weight excluding hydrogens is 449 g/mol. The Morgan fingerprint density at radius 3 is 2.59 bits per heavy atom. The Kier molecular flexibility index (Phi) is 5.29. The van der Waals surface area contributed by atoms with E-state index >= 15 is 0 Å². The van der Waals surface area contributed by atoms with Gasteiger partial charge in [0.05, 0.1) is 26.6 Å². The molecule has 1 aliphatic heterocycles. The highest BCUT2D eigenvalue weighted by atomic mass is 35.5. The minimum Gasteiger partial charge on any atom is -0.462 e. The number of hydrogen-bond donors (Lipinski definition) is 0.